The second-order valence-corrected chi connectivity index (χ2v) is 6.02. The smallest absolute Gasteiger partial charge is 0.335 e. The summed E-state index contributed by atoms with van der Waals surface area (Å²) in [7, 11) is 0. The van der Waals surface area contributed by atoms with Crippen molar-refractivity contribution < 1.29 is 9.90 Å². The van der Waals surface area contributed by atoms with Crippen LogP contribution in [0.3, 0.4) is 0 Å². The molecule has 7 heteroatoms. The minimum Gasteiger partial charge on any atom is -0.478 e. The molecule has 0 saturated carbocycles. The number of aromatic carboxylic acids is 1. The maximum atomic E-state index is 11.0. The second kappa shape index (κ2) is 5.59. The Morgan fingerprint density at radius 1 is 1.25 bits per heavy atom. The fourth-order valence-electron chi connectivity index (χ4n) is 3.22. The summed E-state index contributed by atoms with van der Waals surface area (Å²) in [5, 5.41) is 17.9. The van der Waals surface area contributed by atoms with Gasteiger partial charge >= 0.3 is 5.97 Å². The fraction of sp³-hybridized carbons (Fsp3) is 0.294. The van der Waals surface area contributed by atoms with E-state index >= 15 is 0 Å². The number of carboxylic acid groups (broad SMARTS) is 1. The van der Waals surface area contributed by atoms with E-state index in [1.165, 1.54) is 5.69 Å². The van der Waals surface area contributed by atoms with E-state index in [2.05, 4.69) is 15.2 Å². The third-order valence-corrected chi connectivity index (χ3v) is 4.41. The van der Waals surface area contributed by atoms with Gasteiger partial charge in [-0.05, 0) is 50.1 Å². The second-order valence-electron chi connectivity index (χ2n) is 6.02. The molecule has 3 heterocycles. The summed E-state index contributed by atoms with van der Waals surface area (Å²) in [4.78, 5) is 15.6. The summed E-state index contributed by atoms with van der Waals surface area (Å²) in [5.41, 5.74) is 2.30. The Balaban J connectivity index is 1.69. The number of rotatable bonds is 3. The molecule has 1 unspecified atom stereocenters. The molecule has 0 bridgehead atoms. The van der Waals surface area contributed by atoms with Crippen LogP contribution in [-0.4, -0.2) is 35.6 Å². The van der Waals surface area contributed by atoms with Crippen molar-refractivity contribution in [2.45, 2.75) is 32.2 Å². The van der Waals surface area contributed by atoms with Crippen molar-refractivity contribution in [2.75, 3.05) is 0 Å². The number of carbonyl (C=O) groups is 1. The van der Waals surface area contributed by atoms with Gasteiger partial charge in [0.1, 0.15) is 11.6 Å². The van der Waals surface area contributed by atoms with Crippen molar-refractivity contribution in [3.8, 4) is 5.69 Å². The first-order valence-electron chi connectivity index (χ1n) is 7.90. The fourth-order valence-corrected chi connectivity index (χ4v) is 3.22. The van der Waals surface area contributed by atoms with E-state index in [1.54, 1.807) is 24.3 Å². The minimum absolute atomic E-state index is 0.263. The summed E-state index contributed by atoms with van der Waals surface area (Å²) in [5.74, 6) is 0.973. The lowest BCUT2D eigenvalue weighted by molar-refractivity contribution is 0.0697. The molecule has 2 aromatic heterocycles. The predicted octanol–water partition coefficient (Wildman–Crippen LogP) is 2.20. The average molecular weight is 323 g/mol. The zero-order chi connectivity index (χ0) is 16.7. The SMILES string of the molecule is Cc1nc(C2CCn3nccc3C2)n(-c2ccc(C(=O)O)cc2)n1. The van der Waals surface area contributed by atoms with E-state index < -0.39 is 5.97 Å². The molecule has 3 aromatic rings. The van der Waals surface area contributed by atoms with E-state index in [4.69, 9.17) is 5.11 Å². The quantitative estimate of drug-likeness (QED) is 0.798. The molecule has 24 heavy (non-hydrogen) atoms. The van der Waals surface area contributed by atoms with Gasteiger partial charge in [0.25, 0.3) is 0 Å². The van der Waals surface area contributed by atoms with Crippen LogP contribution < -0.4 is 0 Å². The van der Waals surface area contributed by atoms with E-state index in [0.29, 0.717) is 5.82 Å². The van der Waals surface area contributed by atoms with Gasteiger partial charge in [-0.25, -0.2) is 14.5 Å². The van der Waals surface area contributed by atoms with Crippen LogP contribution >= 0.6 is 0 Å². The van der Waals surface area contributed by atoms with E-state index in [0.717, 1.165) is 30.9 Å². The van der Waals surface area contributed by atoms with Gasteiger partial charge in [-0.15, -0.1) is 0 Å². The van der Waals surface area contributed by atoms with Crippen molar-refractivity contribution in [3.05, 3.63) is 59.4 Å². The molecule has 1 N–H and O–H groups in total. The van der Waals surface area contributed by atoms with E-state index in [9.17, 15) is 4.79 Å². The van der Waals surface area contributed by atoms with Gasteiger partial charge in [0.15, 0.2) is 0 Å². The Bertz CT molecular complexity index is 894. The van der Waals surface area contributed by atoms with Crippen LogP contribution in [0.15, 0.2) is 36.5 Å². The number of nitrogens with zero attached hydrogens (tertiary/aromatic N) is 5. The maximum absolute atomic E-state index is 11.0. The number of aryl methyl sites for hydroxylation is 2. The van der Waals surface area contributed by atoms with E-state index in [-0.39, 0.29) is 11.5 Å². The largest absolute Gasteiger partial charge is 0.478 e. The molecule has 122 valence electrons. The molecule has 0 aliphatic carbocycles. The third kappa shape index (κ3) is 2.47. The van der Waals surface area contributed by atoms with Crippen LogP contribution in [0.2, 0.25) is 0 Å². The molecule has 0 spiro atoms. The maximum Gasteiger partial charge on any atom is 0.335 e. The van der Waals surface area contributed by atoms with Crippen LogP contribution in [0.5, 0.6) is 0 Å². The lowest BCUT2D eigenvalue weighted by atomic mass is 9.95. The zero-order valence-electron chi connectivity index (χ0n) is 13.3. The van der Waals surface area contributed by atoms with Crippen molar-refractivity contribution in [1.29, 1.82) is 0 Å². The van der Waals surface area contributed by atoms with Crippen LogP contribution in [0.4, 0.5) is 0 Å². The Hall–Kier alpha value is -2.96. The first-order chi connectivity index (χ1) is 11.6. The van der Waals surface area contributed by atoms with Gasteiger partial charge in [0.05, 0.1) is 11.3 Å². The topological polar surface area (TPSA) is 85.8 Å². The molecule has 4 rings (SSSR count). The summed E-state index contributed by atoms with van der Waals surface area (Å²) in [6.45, 7) is 2.75. The first kappa shape index (κ1) is 14.6. The van der Waals surface area contributed by atoms with Crippen LogP contribution in [0, 0.1) is 6.92 Å². The lowest BCUT2D eigenvalue weighted by Gasteiger charge is -2.23. The summed E-state index contributed by atoms with van der Waals surface area (Å²) in [6, 6.07) is 8.77. The highest BCUT2D eigenvalue weighted by atomic mass is 16.4. The summed E-state index contributed by atoms with van der Waals surface area (Å²) < 4.78 is 3.86. The van der Waals surface area contributed by atoms with Crippen molar-refractivity contribution in [2.24, 2.45) is 0 Å². The summed E-state index contributed by atoms with van der Waals surface area (Å²) >= 11 is 0. The Morgan fingerprint density at radius 3 is 2.79 bits per heavy atom. The van der Waals surface area contributed by atoms with Crippen molar-refractivity contribution in [3.63, 3.8) is 0 Å². The number of hydrogen-bond donors (Lipinski definition) is 1. The summed E-state index contributed by atoms with van der Waals surface area (Å²) in [6.07, 6.45) is 3.67. The van der Waals surface area contributed by atoms with Crippen LogP contribution in [0.1, 0.15) is 40.0 Å². The monoisotopic (exact) mass is 323 g/mol. The minimum atomic E-state index is -0.933. The molecule has 1 aliphatic heterocycles. The molecule has 1 aliphatic rings. The highest BCUT2D eigenvalue weighted by molar-refractivity contribution is 5.87. The number of fused-ring (bicyclic) bond motifs is 1. The zero-order valence-corrected chi connectivity index (χ0v) is 13.3. The highest BCUT2D eigenvalue weighted by Crippen LogP contribution is 2.29. The highest BCUT2D eigenvalue weighted by Gasteiger charge is 2.25. The Morgan fingerprint density at radius 2 is 2.04 bits per heavy atom. The molecule has 0 amide bonds. The number of aromatic nitrogens is 5. The van der Waals surface area contributed by atoms with Crippen molar-refractivity contribution >= 4 is 5.97 Å². The molecule has 0 fully saturated rings. The molecule has 1 atom stereocenters. The van der Waals surface area contributed by atoms with Gasteiger partial charge in [-0.2, -0.15) is 10.2 Å². The number of hydrogen-bond acceptors (Lipinski definition) is 4. The molecular formula is C17H17N5O2. The van der Waals surface area contributed by atoms with Gasteiger partial charge in [0.2, 0.25) is 0 Å². The Kier molecular flexibility index (Phi) is 3.41. The Labute approximate surface area is 138 Å². The van der Waals surface area contributed by atoms with Crippen molar-refractivity contribution in [1.82, 2.24) is 24.5 Å². The van der Waals surface area contributed by atoms with Crippen LogP contribution in [0.25, 0.3) is 5.69 Å². The number of carboxylic acids is 1. The van der Waals surface area contributed by atoms with Gasteiger partial charge < -0.3 is 5.11 Å². The predicted molar refractivity (Wildman–Crippen MR) is 86.3 cm³/mol. The molecule has 7 nitrogen and oxygen atoms in total. The number of benzene rings is 1. The normalized spacial score (nSPS) is 16.8. The van der Waals surface area contributed by atoms with Gasteiger partial charge in [-0.3, -0.25) is 4.68 Å². The van der Waals surface area contributed by atoms with Gasteiger partial charge in [-0.1, -0.05) is 0 Å². The van der Waals surface area contributed by atoms with Crippen LogP contribution in [-0.2, 0) is 13.0 Å². The third-order valence-electron chi connectivity index (χ3n) is 4.41. The molecule has 1 aromatic carbocycles. The first-order valence-corrected chi connectivity index (χ1v) is 7.90. The molecule has 0 radical (unpaired) electrons. The lowest BCUT2D eigenvalue weighted by Crippen LogP contribution is -2.21. The standard InChI is InChI=1S/C17H17N5O2/c1-11-19-16(13-7-9-21-15(10-13)6-8-18-21)22(20-11)14-4-2-12(3-5-14)17(23)24/h2-6,8,13H,7,9-10H2,1H3,(H,23,24). The van der Waals surface area contributed by atoms with E-state index in [1.807, 2.05) is 28.6 Å². The molecular weight excluding hydrogens is 306 g/mol. The molecule has 0 saturated heterocycles. The average Bonchev–Trinajstić information content (AvgIpc) is 3.20. The van der Waals surface area contributed by atoms with Gasteiger partial charge in [0, 0.05) is 24.4 Å².